The van der Waals surface area contributed by atoms with Crippen LogP contribution in [0.2, 0.25) is 0 Å². The van der Waals surface area contributed by atoms with Crippen molar-refractivity contribution in [1.29, 1.82) is 5.41 Å². The number of nitrogens with two attached hydrogens (primary N) is 1. The molecular weight excluding hydrogens is 256 g/mol. The number of alkyl halides is 1. The van der Waals surface area contributed by atoms with Gasteiger partial charge < -0.3 is 15.9 Å². The molecule has 0 atom stereocenters. The molecule has 15 heavy (non-hydrogen) atoms. The minimum Gasteiger partial charge on any atom is -0.494 e. The van der Waals surface area contributed by atoms with Gasteiger partial charge in [0.15, 0.2) is 0 Å². The van der Waals surface area contributed by atoms with Crippen molar-refractivity contribution in [2.24, 2.45) is 0 Å². The van der Waals surface area contributed by atoms with E-state index in [1.54, 1.807) is 12.1 Å². The van der Waals surface area contributed by atoms with Gasteiger partial charge in [0, 0.05) is 28.9 Å². The van der Waals surface area contributed by atoms with E-state index in [9.17, 15) is 0 Å². The smallest absolute Gasteiger partial charge is 0.121 e. The fourth-order valence-electron chi connectivity index (χ4n) is 1.16. The summed E-state index contributed by atoms with van der Waals surface area (Å²) >= 11 is 3.37. The monoisotopic (exact) mass is 270 g/mol. The Balaban J connectivity index is 2.48. The maximum Gasteiger partial charge on any atom is 0.121 e. The number of nitrogens with one attached hydrogen (secondary N) is 1. The van der Waals surface area contributed by atoms with Crippen LogP contribution in [0.15, 0.2) is 18.2 Å². The normalized spacial score (nSPS) is 9.93. The summed E-state index contributed by atoms with van der Waals surface area (Å²) in [5.74, 6) is 0.771. The van der Waals surface area contributed by atoms with Crippen molar-refractivity contribution < 1.29 is 4.74 Å². The van der Waals surface area contributed by atoms with E-state index >= 15 is 0 Å². The Morgan fingerprint density at radius 1 is 1.40 bits per heavy atom. The van der Waals surface area contributed by atoms with Crippen LogP contribution in [0, 0.1) is 5.41 Å². The Labute approximate surface area is 98.3 Å². The van der Waals surface area contributed by atoms with Gasteiger partial charge in [-0.05, 0) is 25.0 Å². The lowest BCUT2D eigenvalue weighted by atomic mass is 10.2. The van der Waals surface area contributed by atoms with Gasteiger partial charge >= 0.3 is 0 Å². The first-order valence-electron chi connectivity index (χ1n) is 4.86. The van der Waals surface area contributed by atoms with Crippen LogP contribution in [0.4, 0.5) is 5.69 Å². The van der Waals surface area contributed by atoms with Crippen LogP contribution in [0.25, 0.3) is 0 Å². The molecule has 4 heteroatoms. The van der Waals surface area contributed by atoms with Gasteiger partial charge in [0.05, 0.1) is 6.61 Å². The van der Waals surface area contributed by atoms with Crippen LogP contribution >= 0.6 is 15.9 Å². The van der Waals surface area contributed by atoms with E-state index in [0.29, 0.717) is 12.3 Å². The molecule has 0 amide bonds. The molecule has 1 aromatic rings. The van der Waals surface area contributed by atoms with Crippen LogP contribution < -0.4 is 10.5 Å². The molecule has 0 aliphatic heterocycles. The molecule has 1 rings (SSSR count). The topological polar surface area (TPSA) is 59.1 Å². The van der Waals surface area contributed by atoms with Crippen LogP contribution in [0.1, 0.15) is 18.4 Å². The second-order valence-electron chi connectivity index (χ2n) is 3.18. The summed E-state index contributed by atoms with van der Waals surface area (Å²) in [6.07, 6.45) is 3.37. The SMILES string of the molecule is N=Cc1ccc(OCCCCBr)cc1N. The standard InChI is InChI=1S/C11H15BrN2O/c12-5-1-2-6-15-10-4-3-9(8-13)11(14)7-10/h3-4,7-8,13H,1-2,5-6,14H2. The number of nitrogen functional groups attached to an aromatic ring is 1. The predicted molar refractivity (Wildman–Crippen MR) is 67.3 cm³/mol. The molecule has 0 saturated carbocycles. The molecule has 3 nitrogen and oxygen atoms in total. The lowest BCUT2D eigenvalue weighted by Gasteiger charge is -2.07. The highest BCUT2D eigenvalue weighted by molar-refractivity contribution is 9.09. The molecule has 1 aromatic carbocycles. The van der Waals surface area contributed by atoms with Crippen molar-refractivity contribution in [1.82, 2.24) is 0 Å². The zero-order chi connectivity index (χ0) is 11.1. The number of halogens is 1. The third-order valence-electron chi connectivity index (χ3n) is 2.01. The molecule has 0 aliphatic rings. The van der Waals surface area contributed by atoms with Gasteiger partial charge in [-0.25, -0.2) is 0 Å². The zero-order valence-electron chi connectivity index (χ0n) is 8.50. The van der Waals surface area contributed by atoms with Gasteiger partial charge in [0.25, 0.3) is 0 Å². The minimum absolute atomic E-state index is 0.586. The molecule has 0 spiro atoms. The van der Waals surface area contributed by atoms with Crippen molar-refractivity contribution in [2.75, 3.05) is 17.7 Å². The number of ether oxygens (including phenoxy) is 1. The first-order valence-corrected chi connectivity index (χ1v) is 5.99. The number of unbranched alkanes of at least 4 members (excludes halogenated alkanes) is 1. The fraction of sp³-hybridized carbons (Fsp3) is 0.364. The number of benzene rings is 1. The highest BCUT2D eigenvalue weighted by Crippen LogP contribution is 2.18. The van der Waals surface area contributed by atoms with E-state index in [4.69, 9.17) is 15.9 Å². The number of hydrogen-bond acceptors (Lipinski definition) is 3. The fourth-order valence-corrected chi connectivity index (χ4v) is 1.56. The quantitative estimate of drug-likeness (QED) is 0.362. The molecule has 0 aromatic heterocycles. The molecule has 0 heterocycles. The molecular formula is C11H15BrN2O. The van der Waals surface area contributed by atoms with Gasteiger partial charge in [0.2, 0.25) is 0 Å². The van der Waals surface area contributed by atoms with Crippen molar-refractivity contribution in [3.63, 3.8) is 0 Å². The molecule has 82 valence electrons. The molecule has 0 unspecified atom stereocenters. The summed E-state index contributed by atoms with van der Waals surface area (Å²) < 4.78 is 5.51. The van der Waals surface area contributed by atoms with Gasteiger partial charge in [-0.2, -0.15) is 0 Å². The molecule has 0 fully saturated rings. The average molecular weight is 271 g/mol. The first-order chi connectivity index (χ1) is 7.27. The van der Waals surface area contributed by atoms with Crippen molar-refractivity contribution in [2.45, 2.75) is 12.8 Å². The molecule has 0 bridgehead atoms. The number of hydrogen-bond donors (Lipinski definition) is 2. The van der Waals surface area contributed by atoms with E-state index in [0.717, 1.165) is 29.5 Å². The van der Waals surface area contributed by atoms with Crippen molar-refractivity contribution >= 4 is 27.8 Å². The lowest BCUT2D eigenvalue weighted by molar-refractivity contribution is 0.310. The Morgan fingerprint density at radius 2 is 2.20 bits per heavy atom. The second-order valence-corrected chi connectivity index (χ2v) is 3.97. The van der Waals surface area contributed by atoms with Crippen LogP contribution in [0.3, 0.4) is 0 Å². The van der Waals surface area contributed by atoms with E-state index in [2.05, 4.69) is 15.9 Å². The minimum atomic E-state index is 0.586. The molecule has 0 aliphatic carbocycles. The summed E-state index contributed by atoms with van der Waals surface area (Å²) in [7, 11) is 0. The summed E-state index contributed by atoms with van der Waals surface area (Å²) in [6.45, 7) is 0.703. The largest absolute Gasteiger partial charge is 0.494 e. The van der Waals surface area contributed by atoms with E-state index in [1.807, 2.05) is 6.07 Å². The summed E-state index contributed by atoms with van der Waals surface area (Å²) in [5, 5.41) is 8.10. The second kappa shape index (κ2) is 6.45. The van der Waals surface area contributed by atoms with Crippen LogP contribution in [-0.2, 0) is 0 Å². The molecule has 0 saturated heterocycles. The Hall–Kier alpha value is -1.03. The van der Waals surface area contributed by atoms with Gasteiger partial charge in [-0.1, -0.05) is 15.9 Å². The Bertz CT molecular complexity index is 328. The van der Waals surface area contributed by atoms with E-state index in [-0.39, 0.29) is 0 Å². The Morgan fingerprint density at radius 3 is 2.80 bits per heavy atom. The number of rotatable bonds is 6. The maximum atomic E-state index is 7.10. The van der Waals surface area contributed by atoms with Gasteiger partial charge in [-0.3, -0.25) is 0 Å². The summed E-state index contributed by atoms with van der Waals surface area (Å²) in [5.41, 5.74) is 7.03. The molecule has 0 radical (unpaired) electrons. The van der Waals surface area contributed by atoms with Crippen LogP contribution in [-0.4, -0.2) is 18.2 Å². The average Bonchev–Trinajstić information content (AvgIpc) is 2.25. The third-order valence-corrected chi connectivity index (χ3v) is 2.57. The zero-order valence-corrected chi connectivity index (χ0v) is 10.1. The van der Waals surface area contributed by atoms with Crippen molar-refractivity contribution in [3.8, 4) is 5.75 Å². The van der Waals surface area contributed by atoms with Gasteiger partial charge in [0.1, 0.15) is 5.75 Å². The summed E-state index contributed by atoms with van der Waals surface area (Å²) in [4.78, 5) is 0. The highest BCUT2D eigenvalue weighted by Gasteiger charge is 1.99. The number of anilines is 1. The van der Waals surface area contributed by atoms with Crippen molar-refractivity contribution in [3.05, 3.63) is 23.8 Å². The van der Waals surface area contributed by atoms with Gasteiger partial charge in [-0.15, -0.1) is 0 Å². The Kier molecular flexibility index (Phi) is 5.18. The predicted octanol–water partition coefficient (Wildman–Crippen LogP) is 2.82. The lowest BCUT2D eigenvalue weighted by Crippen LogP contribution is -1.99. The third kappa shape index (κ3) is 3.91. The molecule has 3 N–H and O–H groups in total. The maximum absolute atomic E-state index is 7.10. The first kappa shape index (κ1) is 12.0. The van der Waals surface area contributed by atoms with E-state index in [1.165, 1.54) is 6.21 Å². The summed E-state index contributed by atoms with van der Waals surface area (Å²) in [6, 6.07) is 5.39. The van der Waals surface area contributed by atoms with Crippen LogP contribution in [0.5, 0.6) is 5.75 Å². The van der Waals surface area contributed by atoms with E-state index < -0.39 is 0 Å². The highest BCUT2D eigenvalue weighted by atomic mass is 79.9.